The number of ketones is 1. The van der Waals surface area contributed by atoms with Crippen molar-refractivity contribution in [2.24, 2.45) is 5.73 Å². The zero-order valence-corrected chi connectivity index (χ0v) is 18.0. The first-order valence-electron chi connectivity index (χ1n) is 9.66. The molecule has 0 saturated carbocycles. The van der Waals surface area contributed by atoms with Crippen LogP contribution in [0.5, 0.6) is 5.75 Å². The average molecular weight is 438 g/mol. The fourth-order valence-electron chi connectivity index (χ4n) is 3.11. The van der Waals surface area contributed by atoms with Gasteiger partial charge in [-0.1, -0.05) is 0 Å². The van der Waals surface area contributed by atoms with Gasteiger partial charge in [-0.3, -0.25) is 9.59 Å². The molecule has 3 rings (SSSR count). The van der Waals surface area contributed by atoms with E-state index < -0.39 is 11.9 Å². The minimum Gasteiger partial charge on any atom is -0.497 e. The standard InChI is InChI=1S/C22H22N4O6/c1-5-31-22(29)15-10-24-19(13-6-8-14(30-4)9-7-13)25-20(15)26-21-17(18(23)28)16(11(2)27)12(3)32-21/h6-10H,5H2,1-4H3,(H2,23,28)(H,24,25,26). The molecule has 0 aliphatic heterocycles. The number of primary amides is 1. The minimum absolute atomic E-state index is 0.0120. The highest BCUT2D eigenvalue weighted by Gasteiger charge is 2.27. The van der Waals surface area contributed by atoms with Crippen molar-refractivity contribution in [1.82, 2.24) is 9.97 Å². The number of hydrogen-bond donors (Lipinski definition) is 2. The highest BCUT2D eigenvalue weighted by atomic mass is 16.5. The Kier molecular flexibility index (Phi) is 6.53. The van der Waals surface area contributed by atoms with E-state index in [0.29, 0.717) is 17.1 Å². The summed E-state index contributed by atoms with van der Waals surface area (Å²) in [6.45, 7) is 4.63. The summed E-state index contributed by atoms with van der Waals surface area (Å²) in [5.41, 5.74) is 6.08. The number of aryl methyl sites for hydroxylation is 1. The molecule has 0 aliphatic rings. The summed E-state index contributed by atoms with van der Waals surface area (Å²) < 4.78 is 15.8. The number of esters is 1. The van der Waals surface area contributed by atoms with Crippen molar-refractivity contribution in [1.29, 1.82) is 0 Å². The summed E-state index contributed by atoms with van der Waals surface area (Å²) in [7, 11) is 1.55. The Labute approximate surface area is 183 Å². The molecule has 0 aliphatic carbocycles. The summed E-state index contributed by atoms with van der Waals surface area (Å²) in [5.74, 6) is -0.858. The lowest BCUT2D eigenvalue weighted by Crippen LogP contribution is -2.17. The summed E-state index contributed by atoms with van der Waals surface area (Å²) in [6.07, 6.45) is 1.30. The summed E-state index contributed by atoms with van der Waals surface area (Å²) in [4.78, 5) is 45.2. The van der Waals surface area contributed by atoms with E-state index in [0.717, 1.165) is 0 Å². The van der Waals surface area contributed by atoms with Gasteiger partial charge in [-0.05, 0) is 45.0 Å². The SMILES string of the molecule is CCOC(=O)c1cnc(-c2ccc(OC)cc2)nc1Nc1oc(C)c(C(C)=O)c1C(N)=O. The first-order valence-corrected chi connectivity index (χ1v) is 9.66. The maximum Gasteiger partial charge on any atom is 0.343 e. The van der Waals surface area contributed by atoms with Gasteiger partial charge >= 0.3 is 5.97 Å². The molecule has 10 nitrogen and oxygen atoms in total. The van der Waals surface area contributed by atoms with Crippen molar-refractivity contribution in [2.75, 3.05) is 19.0 Å². The number of hydrogen-bond acceptors (Lipinski definition) is 9. The van der Waals surface area contributed by atoms with Gasteiger partial charge in [0.25, 0.3) is 5.91 Å². The molecule has 0 spiro atoms. The molecule has 1 aromatic carbocycles. The van der Waals surface area contributed by atoms with E-state index in [4.69, 9.17) is 19.6 Å². The van der Waals surface area contributed by atoms with E-state index in [1.807, 2.05) is 0 Å². The van der Waals surface area contributed by atoms with E-state index in [-0.39, 0.29) is 46.5 Å². The molecular weight excluding hydrogens is 416 g/mol. The van der Waals surface area contributed by atoms with Gasteiger partial charge in [0, 0.05) is 11.8 Å². The molecule has 2 aromatic heterocycles. The molecular formula is C22H22N4O6. The fraction of sp³-hybridized carbons (Fsp3) is 0.227. The van der Waals surface area contributed by atoms with Crippen molar-refractivity contribution < 1.29 is 28.3 Å². The lowest BCUT2D eigenvalue weighted by molar-refractivity contribution is 0.0526. The van der Waals surface area contributed by atoms with E-state index in [1.165, 1.54) is 20.0 Å². The lowest BCUT2D eigenvalue weighted by Gasteiger charge is -2.11. The van der Waals surface area contributed by atoms with E-state index in [9.17, 15) is 14.4 Å². The summed E-state index contributed by atoms with van der Waals surface area (Å²) in [5, 5.41) is 2.81. The van der Waals surface area contributed by atoms with Crippen molar-refractivity contribution in [2.45, 2.75) is 20.8 Å². The van der Waals surface area contributed by atoms with Gasteiger partial charge in [0.05, 0.1) is 19.3 Å². The maximum absolute atomic E-state index is 12.5. The summed E-state index contributed by atoms with van der Waals surface area (Å²) in [6, 6.07) is 6.99. The first-order chi connectivity index (χ1) is 15.3. The fourth-order valence-corrected chi connectivity index (χ4v) is 3.11. The van der Waals surface area contributed by atoms with Crippen molar-refractivity contribution >= 4 is 29.4 Å². The van der Waals surface area contributed by atoms with Crippen LogP contribution in [-0.4, -0.2) is 41.3 Å². The summed E-state index contributed by atoms with van der Waals surface area (Å²) >= 11 is 0. The van der Waals surface area contributed by atoms with Gasteiger partial charge in [0.15, 0.2) is 17.4 Å². The minimum atomic E-state index is -0.864. The third kappa shape index (κ3) is 4.43. The number of aromatic nitrogens is 2. The van der Waals surface area contributed by atoms with Crippen LogP contribution in [0, 0.1) is 6.92 Å². The second-order valence-electron chi connectivity index (χ2n) is 6.69. The molecule has 3 N–H and O–H groups in total. The molecule has 0 atom stereocenters. The molecule has 166 valence electrons. The topological polar surface area (TPSA) is 147 Å². The monoisotopic (exact) mass is 438 g/mol. The normalized spacial score (nSPS) is 10.5. The van der Waals surface area contributed by atoms with Crippen LogP contribution >= 0.6 is 0 Å². The Morgan fingerprint density at radius 3 is 2.41 bits per heavy atom. The molecule has 10 heteroatoms. The highest BCUT2D eigenvalue weighted by Crippen LogP contribution is 2.31. The number of Topliss-reactive ketones (excluding diaryl/α,β-unsaturated/α-hetero) is 1. The van der Waals surface area contributed by atoms with Crippen molar-refractivity contribution in [3.8, 4) is 17.1 Å². The van der Waals surface area contributed by atoms with Gasteiger partial charge < -0.3 is 24.9 Å². The van der Waals surface area contributed by atoms with Crippen molar-refractivity contribution in [3.63, 3.8) is 0 Å². The number of methoxy groups -OCH3 is 1. The molecule has 0 saturated heterocycles. The largest absolute Gasteiger partial charge is 0.497 e. The van der Waals surface area contributed by atoms with E-state index >= 15 is 0 Å². The molecule has 3 aromatic rings. The van der Waals surface area contributed by atoms with Crippen LogP contribution in [0.15, 0.2) is 34.9 Å². The number of amides is 1. The number of nitrogens with two attached hydrogens (primary N) is 1. The smallest absolute Gasteiger partial charge is 0.343 e. The number of carbonyl (C=O) groups excluding carboxylic acids is 3. The Morgan fingerprint density at radius 2 is 1.84 bits per heavy atom. The highest BCUT2D eigenvalue weighted by molar-refractivity contribution is 6.11. The number of nitrogens with one attached hydrogen (secondary N) is 1. The lowest BCUT2D eigenvalue weighted by atomic mass is 10.1. The van der Waals surface area contributed by atoms with Crippen molar-refractivity contribution in [3.05, 3.63) is 52.9 Å². The maximum atomic E-state index is 12.5. The molecule has 0 bridgehead atoms. The quantitative estimate of drug-likeness (QED) is 0.399. The predicted molar refractivity (Wildman–Crippen MR) is 115 cm³/mol. The molecule has 0 unspecified atom stereocenters. The Morgan fingerprint density at radius 1 is 1.16 bits per heavy atom. The van der Waals surface area contributed by atoms with Gasteiger partial charge in [-0.15, -0.1) is 0 Å². The predicted octanol–water partition coefficient (Wildman–Crippen LogP) is 3.28. The van der Waals surface area contributed by atoms with Crippen LogP contribution in [0.25, 0.3) is 11.4 Å². The van der Waals surface area contributed by atoms with Gasteiger partial charge in [0.2, 0.25) is 5.88 Å². The Hall–Kier alpha value is -4.21. The average Bonchev–Trinajstić information content (AvgIpc) is 3.10. The number of carbonyl (C=O) groups is 3. The van der Waals surface area contributed by atoms with Crippen LogP contribution in [0.3, 0.4) is 0 Å². The third-order valence-corrected chi connectivity index (χ3v) is 4.55. The molecule has 1 amide bonds. The number of furan rings is 1. The van der Waals surface area contributed by atoms with Crippen LogP contribution in [0.1, 0.15) is 50.7 Å². The van der Waals surface area contributed by atoms with E-state index in [2.05, 4.69) is 15.3 Å². The number of benzene rings is 1. The first kappa shape index (κ1) is 22.5. The van der Waals surface area contributed by atoms with Gasteiger partial charge in [0.1, 0.15) is 22.6 Å². The van der Waals surface area contributed by atoms with Crippen LogP contribution < -0.4 is 15.8 Å². The third-order valence-electron chi connectivity index (χ3n) is 4.55. The van der Waals surface area contributed by atoms with Gasteiger partial charge in [-0.25, -0.2) is 14.8 Å². The molecule has 32 heavy (non-hydrogen) atoms. The molecule has 2 heterocycles. The van der Waals surface area contributed by atoms with Crippen LogP contribution in [0.4, 0.5) is 11.7 Å². The van der Waals surface area contributed by atoms with E-state index in [1.54, 1.807) is 38.3 Å². The zero-order chi connectivity index (χ0) is 23.4. The number of nitrogens with zero attached hydrogens (tertiary/aromatic N) is 2. The number of anilines is 2. The second-order valence-corrected chi connectivity index (χ2v) is 6.69. The second kappa shape index (κ2) is 9.29. The molecule has 0 fully saturated rings. The van der Waals surface area contributed by atoms with Gasteiger partial charge in [-0.2, -0.15) is 0 Å². The Bertz CT molecular complexity index is 1180. The Balaban J connectivity index is 2.12. The van der Waals surface area contributed by atoms with Crippen LogP contribution in [0.2, 0.25) is 0 Å². The number of rotatable bonds is 8. The van der Waals surface area contributed by atoms with Crippen LogP contribution in [-0.2, 0) is 4.74 Å². The zero-order valence-electron chi connectivity index (χ0n) is 18.0. The molecule has 0 radical (unpaired) electrons. The number of ether oxygens (including phenoxy) is 2.